The van der Waals surface area contributed by atoms with Gasteiger partial charge in [0.25, 0.3) is 0 Å². The van der Waals surface area contributed by atoms with E-state index in [0.29, 0.717) is 12.0 Å². The Bertz CT molecular complexity index is 505. The van der Waals surface area contributed by atoms with Crippen LogP contribution in [0.4, 0.5) is 0 Å². The van der Waals surface area contributed by atoms with Crippen LogP contribution in [0.1, 0.15) is 38.7 Å². The zero-order chi connectivity index (χ0) is 13.0. The molecule has 1 aromatic heterocycles. The summed E-state index contributed by atoms with van der Waals surface area (Å²) in [6, 6.07) is 11.3. The van der Waals surface area contributed by atoms with Gasteiger partial charge in [0.1, 0.15) is 0 Å². The second-order valence-electron chi connectivity index (χ2n) is 5.25. The molecule has 18 heavy (non-hydrogen) atoms. The molecule has 0 spiro atoms. The monoisotopic (exact) mass is 242 g/mol. The van der Waals surface area contributed by atoms with Gasteiger partial charge in [0.15, 0.2) is 0 Å². The Hall–Kier alpha value is -1.41. The Labute approximate surface area is 109 Å². The van der Waals surface area contributed by atoms with Crippen LogP contribution in [-0.2, 0) is 0 Å². The Morgan fingerprint density at radius 1 is 1.17 bits per heavy atom. The molecule has 96 valence electrons. The molecular weight excluding hydrogens is 220 g/mol. The Kier molecular flexibility index (Phi) is 4.32. The number of fused-ring (bicyclic) bond motifs is 1. The summed E-state index contributed by atoms with van der Waals surface area (Å²) in [5.41, 5.74) is 2.48. The van der Waals surface area contributed by atoms with E-state index in [1.54, 1.807) is 0 Å². The highest BCUT2D eigenvalue weighted by molar-refractivity contribution is 5.79. The van der Waals surface area contributed by atoms with E-state index in [0.717, 1.165) is 12.1 Å². The fraction of sp³-hybridized carbons (Fsp3) is 0.438. The Balaban J connectivity index is 2.06. The first-order valence-corrected chi connectivity index (χ1v) is 6.75. The van der Waals surface area contributed by atoms with Crippen molar-refractivity contribution in [1.82, 2.24) is 10.3 Å². The number of nitrogens with zero attached hydrogens (tertiary/aromatic N) is 1. The van der Waals surface area contributed by atoms with Gasteiger partial charge in [-0.25, -0.2) is 0 Å². The number of rotatable bonds is 5. The van der Waals surface area contributed by atoms with Gasteiger partial charge in [0.2, 0.25) is 0 Å². The first-order valence-electron chi connectivity index (χ1n) is 6.75. The molecule has 2 rings (SSSR count). The van der Waals surface area contributed by atoms with E-state index < -0.39 is 0 Å². The first-order chi connectivity index (χ1) is 8.66. The quantitative estimate of drug-likeness (QED) is 0.864. The SMILES string of the molecule is CC(C)NCCC(C)c1ccc2ncccc2c1. The van der Waals surface area contributed by atoms with Crippen molar-refractivity contribution < 1.29 is 0 Å². The summed E-state index contributed by atoms with van der Waals surface area (Å²) < 4.78 is 0. The first kappa shape index (κ1) is 13.0. The minimum absolute atomic E-state index is 0.568. The second kappa shape index (κ2) is 5.96. The summed E-state index contributed by atoms with van der Waals surface area (Å²) in [6.45, 7) is 7.74. The molecule has 0 bridgehead atoms. The molecule has 0 radical (unpaired) electrons. The largest absolute Gasteiger partial charge is 0.315 e. The van der Waals surface area contributed by atoms with Gasteiger partial charge in [-0.1, -0.05) is 32.9 Å². The van der Waals surface area contributed by atoms with Crippen LogP contribution < -0.4 is 5.32 Å². The topological polar surface area (TPSA) is 24.9 Å². The van der Waals surface area contributed by atoms with Crippen LogP contribution in [0, 0.1) is 0 Å². The van der Waals surface area contributed by atoms with E-state index in [-0.39, 0.29) is 0 Å². The zero-order valence-corrected chi connectivity index (χ0v) is 11.5. The van der Waals surface area contributed by atoms with Crippen molar-refractivity contribution in [3.05, 3.63) is 42.1 Å². The Morgan fingerprint density at radius 2 is 2.00 bits per heavy atom. The molecule has 2 heteroatoms. The fourth-order valence-electron chi connectivity index (χ4n) is 2.16. The molecule has 2 aromatic rings. The minimum Gasteiger partial charge on any atom is -0.315 e. The molecule has 1 unspecified atom stereocenters. The van der Waals surface area contributed by atoms with Crippen molar-refractivity contribution in [3.8, 4) is 0 Å². The number of pyridine rings is 1. The summed E-state index contributed by atoms with van der Waals surface area (Å²) >= 11 is 0. The van der Waals surface area contributed by atoms with Crippen LogP contribution in [0.15, 0.2) is 36.5 Å². The molecule has 1 N–H and O–H groups in total. The number of hydrogen-bond donors (Lipinski definition) is 1. The van der Waals surface area contributed by atoms with Crippen molar-refractivity contribution in [2.75, 3.05) is 6.54 Å². The normalized spacial score (nSPS) is 13.1. The standard InChI is InChI=1S/C16H22N2/c1-12(2)17-10-8-13(3)14-6-7-16-15(11-14)5-4-9-18-16/h4-7,9,11-13,17H,8,10H2,1-3H3. The third-order valence-electron chi connectivity index (χ3n) is 3.33. The summed E-state index contributed by atoms with van der Waals surface area (Å²) in [5.74, 6) is 0.584. The lowest BCUT2D eigenvalue weighted by Gasteiger charge is -2.14. The molecule has 1 heterocycles. The molecule has 0 saturated heterocycles. The van der Waals surface area contributed by atoms with E-state index in [4.69, 9.17) is 0 Å². The maximum Gasteiger partial charge on any atom is 0.0702 e. The van der Waals surface area contributed by atoms with Gasteiger partial charge < -0.3 is 5.32 Å². The molecular formula is C16H22N2. The van der Waals surface area contributed by atoms with E-state index in [1.807, 2.05) is 12.3 Å². The molecule has 0 saturated carbocycles. The van der Waals surface area contributed by atoms with Gasteiger partial charge >= 0.3 is 0 Å². The van der Waals surface area contributed by atoms with Gasteiger partial charge in [-0.3, -0.25) is 4.98 Å². The van der Waals surface area contributed by atoms with E-state index in [2.05, 4.69) is 55.3 Å². The maximum atomic E-state index is 4.35. The van der Waals surface area contributed by atoms with Gasteiger partial charge in [-0.2, -0.15) is 0 Å². The van der Waals surface area contributed by atoms with E-state index in [9.17, 15) is 0 Å². The molecule has 0 aliphatic carbocycles. The predicted molar refractivity (Wildman–Crippen MR) is 77.9 cm³/mol. The van der Waals surface area contributed by atoms with Gasteiger partial charge in [-0.15, -0.1) is 0 Å². The van der Waals surface area contributed by atoms with E-state index in [1.165, 1.54) is 17.4 Å². The highest BCUT2D eigenvalue weighted by atomic mass is 14.9. The average molecular weight is 242 g/mol. The molecule has 0 fully saturated rings. The highest BCUT2D eigenvalue weighted by Gasteiger charge is 2.06. The summed E-state index contributed by atoms with van der Waals surface area (Å²) in [7, 11) is 0. The van der Waals surface area contributed by atoms with Crippen LogP contribution in [-0.4, -0.2) is 17.6 Å². The summed E-state index contributed by atoms with van der Waals surface area (Å²) in [6.07, 6.45) is 3.02. The Morgan fingerprint density at radius 3 is 2.78 bits per heavy atom. The lowest BCUT2D eigenvalue weighted by molar-refractivity contribution is 0.541. The lowest BCUT2D eigenvalue weighted by Crippen LogP contribution is -2.24. The fourth-order valence-corrected chi connectivity index (χ4v) is 2.16. The summed E-state index contributed by atoms with van der Waals surface area (Å²) in [5, 5.41) is 4.71. The van der Waals surface area contributed by atoms with Gasteiger partial charge in [-0.05, 0) is 42.6 Å². The van der Waals surface area contributed by atoms with Crippen molar-refractivity contribution in [3.63, 3.8) is 0 Å². The van der Waals surface area contributed by atoms with Gasteiger partial charge in [0, 0.05) is 17.6 Å². The predicted octanol–water partition coefficient (Wildman–Crippen LogP) is 3.73. The van der Waals surface area contributed by atoms with Crippen molar-refractivity contribution >= 4 is 10.9 Å². The lowest BCUT2D eigenvalue weighted by atomic mass is 9.96. The zero-order valence-electron chi connectivity index (χ0n) is 11.5. The van der Waals surface area contributed by atoms with Crippen LogP contribution in [0.2, 0.25) is 0 Å². The summed E-state index contributed by atoms with van der Waals surface area (Å²) in [4.78, 5) is 4.35. The minimum atomic E-state index is 0.568. The van der Waals surface area contributed by atoms with Crippen molar-refractivity contribution in [2.24, 2.45) is 0 Å². The molecule has 1 atom stereocenters. The van der Waals surface area contributed by atoms with Crippen molar-refractivity contribution in [1.29, 1.82) is 0 Å². The molecule has 0 aliphatic rings. The average Bonchev–Trinajstić information content (AvgIpc) is 2.37. The van der Waals surface area contributed by atoms with Crippen LogP contribution in [0.25, 0.3) is 10.9 Å². The van der Waals surface area contributed by atoms with Crippen molar-refractivity contribution in [2.45, 2.75) is 39.2 Å². The smallest absolute Gasteiger partial charge is 0.0702 e. The number of nitrogens with one attached hydrogen (secondary N) is 1. The number of aromatic nitrogens is 1. The van der Waals surface area contributed by atoms with Crippen LogP contribution in [0.3, 0.4) is 0 Å². The number of hydrogen-bond acceptors (Lipinski definition) is 2. The highest BCUT2D eigenvalue weighted by Crippen LogP contribution is 2.22. The molecule has 0 amide bonds. The molecule has 0 aliphatic heterocycles. The van der Waals surface area contributed by atoms with Crippen LogP contribution >= 0.6 is 0 Å². The number of benzene rings is 1. The van der Waals surface area contributed by atoms with Gasteiger partial charge in [0.05, 0.1) is 5.52 Å². The van der Waals surface area contributed by atoms with E-state index >= 15 is 0 Å². The molecule has 2 nitrogen and oxygen atoms in total. The van der Waals surface area contributed by atoms with Crippen LogP contribution in [0.5, 0.6) is 0 Å². The third-order valence-corrected chi connectivity index (χ3v) is 3.33. The maximum absolute atomic E-state index is 4.35. The second-order valence-corrected chi connectivity index (χ2v) is 5.25. The third kappa shape index (κ3) is 3.30. The molecule has 1 aromatic carbocycles.